The molecule has 17 heavy (non-hydrogen) atoms. The van der Waals surface area contributed by atoms with E-state index >= 15 is 0 Å². The number of carbonyl (C=O) groups excluding carboxylic acids is 1. The Balaban J connectivity index is 2.94. The fraction of sp³-hybridized carbons (Fsp3) is 0.417. The molecule has 1 unspecified atom stereocenters. The predicted octanol–water partition coefficient (Wildman–Crippen LogP) is 1.92. The third kappa shape index (κ3) is 3.44. The molecule has 0 heterocycles. The Labute approximate surface area is 109 Å². The van der Waals surface area contributed by atoms with Crippen LogP contribution in [0.5, 0.6) is 0 Å². The number of carbonyl (C=O) groups is 1. The number of aliphatic hydroxyl groups is 1. The smallest absolute Gasteiger partial charge is 0.253 e. The zero-order chi connectivity index (χ0) is 13.2. The van der Waals surface area contributed by atoms with Crippen LogP contribution in [0, 0.1) is 0 Å². The molecular weight excluding hydrogens is 284 g/mol. The Hall–Kier alpha value is -1.07. The highest BCUT2D eigenvalue weighted by Gasteiger charge is 2.27. The second-order valence-electron chi connectivity index (χ2n) is 4.58. The quantitative estimate of drug-likeness (QED) is 0.747. The fourth-order valence-corrected chi connectivity index (χ4v) is 1.55. The number of nitrogens with one attached hydrogen (secondary N) is 1. The van der Waals surface area contributed by atoms with Crippen LogP contribution in [0.3, 0.4) is 0 Å². The van der Waals surface area contributed by atoms with Crippen LogP contribution < -0.4 is 11.1 Å². The molecule has 0 aromatic heterocycles. The van der Waals surface area contributed by atoms with Crippen molar-refractivity contribution in [2.75, 3.05) is 5.73 Å². The molecule has 0 aliphatic rings. The van der Waals surface area contributed by atoms with Crippen LogP contribution in [0.1, 0.15) is 31.1 Å². The number of anilines is 1. The van der Waals surface area contributed by atoms with E-state index in [1.807, 2.05) is 0 Å². The first-order valence-corrected chi connectivity index (χ1v) is 6.09. The van der Waals surface area contributed by atoms with Gasteiger partial charge in [-0.05, 0) is 39.0 Å². The van der Waals surface area contributed by atoms with Crippen LogP contribution in [-0.2, 0) is 0 Å². The van der Waals surface area contributed by atoms with Gasteiger partial charge in [0.25, 0.3) is 5.91 Å². The minimum absolute atomic E-state index is 0.297. The summed E-state index contributed by atoms with van der Waals surface area (Å²) in [7, 11) is 0. The van der Waals surface area contributed by atoms with Crippen molar-refractivity contribution < 1.29 is 9.90 Å². The molecule has 0 spiro atoms. The van der Waals surface area contributed by atoms with Gasteiger partial charge in [-0.1, -0.05) is 15.9 Å². The van der Waals surface area contributed by atoms with Gasteiger partial charge in [-0.15, -0.1) is 0 Å². The molecule has 94 valence electrons. The molecule has 1 aromatic rings. The summed E-state index contributed by atoms with van der Waals surface area (Å²) < 4.78 is 0.784. The maximum absolute atomic E-state index is 12.0. The second-order valence-corrected chi connectivity index (χ2v) is 5.50. The van der Waals surface area contributed by atoms with Crippen molar-refractivity contribution in [3.05, 3.63) is 28.2 Å². The number of benzene rings is 1. The number of nitrogen functional groups attached to an aromatic ring is 1. The minimum Gasteiger partial charge on any atom is -0.398 e. The molecule has 0 radical (unpaired) electrons. The number of rotatable bonds is 3. The van der Waals surface area contributed by atoms with Crippen molar-refractivity contribution >= 4 is 27.5 Å². The Morgan fingerprint density at radius 2 is 2.12 bits per heavy atom. The average molecular weight is 301 g/mol. The summed E-state index contributed by atoms with van der Waals surface area (Å²) in [6.07, 6.45) is -0.653. The van der Waals surface area contributed by atoms with Gasteiger partial charge in [-0.3, -0.25) is 4.79 Å². The largest absolute Gasteiger partial charge is 0.398 e. The lowest BCUT2D eigenvalue weighted by Gasteiger charge is -2.29. The van der Waals surface area contributed by atoms with E-state index in [9.17, 15) is 9.90 Å². The predicted molar refractivity (Wildman–Crippen MR) is 71.8 cm³/mol. The maximum atomic E-state index is 12.0. The van der Waals surface area contributed by atoms with Crippen LogP contribution in [-0.4, -0.2) is 22.7 Å². The lowest BCUT2D eigenvalue weighted by atomic mass is 9.98. The molecule has 0 saturated carbocycles. The number of halogens is 1. The molecule has 1 amide bonds. The first-order chi connectivity index (χ1) is 7.74. The first kappa shape index (κ1) is 14.0. The average Bonchev–Trinajstić information content (AvgIpc) is 2.20. The molecule has 5 heteroatoms. The van der Waals surface area contributed by atoms with Crippen molar-refractivity contribution in [1.29, 1.82) is 0 Å². The van der Waals surface area contributed by atoms with Gasteiger partial charge >= 0.3 is 0 Å². The lowest BCUT2D eigenvalue weighted by molar-refractivity contribution is 0.0710. The zero-order valence-electron chi connectivity index (χ0n) is 10.1. The maximum Gasteiger partial charge on any atom is 0.253 e. The molecule has 1 atom stereocenters. The fourth-order valence-electron chi connectivity index (χ4n) is 1.19. The van der Waals surface area contributed by atoms with Gasteiger partial charge in [-0.2, -0.15) is 0 Å². The van der Waals surface area contributed by atoms with Crippen LogP contribution >= 0.6 is 15.9 Å². The molecule has 0 aliphatic carbocycles. The molecule has 0 saturated heterocycles. The minimum atomic E-state index is -0.703. The Morgan fingerprint density at radius 3 is 2.65 bits per heavy atom. The Kier molecular flexibility index (Phi) is 4.16. The van der Waals surface area contributed by atoms with E-state index in [1.54, 1.807) is 39.0 Å². The summed E-state index contributed by atoms with van der Waals surface area (Å²) >= 11 is 3.29. The SMILES string of the molecule is CC(O)C(C)(C)NC(=O)c1cc(Br)ccc1N. The number of amides is 1. The van der Waals surface area contributed by atoms with Crippen LogP contribution in [0.4, 0.5) is 5.69 Å². The molecule has 0 aliphatic heterocycles. The van der Waals surface area contributed by atoms with E-state index < -0.39 is 11.6 Å². The number of aliphatic hydroxyl groups excluding tert-OH is 1. The van der Waals surface area contributed by atoms with Gasteiger partial charge in [0, 0.05) is 10.2 Å². The molecule has 0 fully saturated rings. The summed E-state index contributed by atoms with van der Waals surface area (Å²) in [6, 6.07) is 5.09. The van der Waals surface area contributed by atoms with E-state index in [4.69, 9.17) is 5.73 Å². The Bertz CT molecular complexity index is 431. The van der Waals surface area contributed by atoms with Gasteiger partial charge in [-0.25, -0.2) is 0 Å². The summed E-state index contributed by atoms with van der Waals surface area (Å²) in [6.45, 7) is 5.14. The summed E-state index contributed by atoms with van der Waals surface area (Å²) in [4.78, 5) is 12.0. The van der Waals surface area contributed by atoms with Gasteiger partial charge < -0.3 is 16.2 Å². The first-order valence-electron chi connectivity index (χ1n) is 5.29. The van der Waals surface area contributed by atoms with E-state index in [0.717, 1.165) is 4.47 Å². The van der Waals surface area contributed by atoms with E-state index in [2.05, 4.69) is 21.2 Å². The van der Waals surface area contributed by atoms with Crippen molar-refractivity contribution in [3.63, 3.8) is 0 Å². The van der Waals surface area contributed by atoms with Crippen molar-refractivity contribution in [1.82, 2.24) is 5.32 Å². The number of hydrogen-bond donors (Lipinski definition) is 3. The van der Waals surface area contributed by atoms with E-state index in [0.29, 0.717) is 11.3 Å². The summed E-state index contributed by atoms with van der Waals surface area (Å²) in [5, 5.41) is 12.3. The molecule has 4 nitrogen and oxygen atoms in total. The monoisotopic (exact) mass is 300 g/mol. The van der Waals surface area contributed by atoms with Crippen LogP contribution in [0.25, 0.3) is 0 Å². The standard InChI is InChI=1S/C12H17BrN2O2/c1-7(16)12(2,3)15-11(17)9-6-8(13)4-5-10(9)14/h4-7,16H,14H2,1-3H3,(H,15,17). The zero-order valence-corrected chi connectivity index (χ0v) is 11.7. The summed E-state index contributed by atoms with van der Waals surface area (Å²) in [5.74, 6) is -0.297. The number of nitrogens with two attached hydrogens (primary N) is 1. The third-order valence-corrected chi connectivity index (χ3v) is 3.23. The van der Waals surface area contributed by atoms with Gasteiger partial charge in [0.05, 0.1) is 17.2 Å². The highest BCUT2D eigenvalue weighted by molar-refractivity contribution is 9.10. The van der Waals surface area contributed by atoms with Gasteiger partial charge in [0.2, 0.25) is 0 Å². The van der Waals surface area contributed by atoms with Gasteiger partial charge in [0.1, 0.15) is 0 Å². The number of hydrogen-bond acceptors (Lipinski definition) is 3. The van der Waals surface area contributed by atoms with E-state index in [-0.39, 0.29) is 5.91 Å². The highest BCUT2D eigenvalue weighted by Crippen LogP contribution is 2.19. The van der Waals surface area contributed by atoms with Crippen molar-refractivity contribution in [2.24, 2.45) is 0 Å². The molecule has 1 rings (SSSR count). The lowest BCUT2D eigenvalue weighted by Crippen LogP contribution is -2.51. The van der Waals surface area contributed by atoms with Crippen LogP contribution in [0.2, 0.25) is 0 Å². The topological polar surface area (TPSA) is 75.3 Å². The van der Waals surface area contributed by atoms with E-state index in [1.165, 1.54) is 0 Å². The molecule has 1 aromatic carbocycles. The van der Waals surface area contributed by atoms with Crippen molar-refractivity contribution in [3.8, 4) is 0 Å². The molecule has 4 N–H and O–H groups in total. The second kappa shape index (κ2) is 5.06. The summed E-state index contributed by atoms with van der Waals surface area (Å²) in [5.41, 5.74) is 5.84. The van der Waals surface area contributed by atoms with Gasteiger partial charge in [0.15, 0.2) is 0 Å². The molecule has 0 bridgehead atoms. The van der Waals surface area contributed by atoms with Crippen molar-refractivity contribution in [2.45, 2.75) is 32.4 Å². The molecular formula is C12H17BrN2O2. The van der Waals surface area contributed by atoms with Crippen LogP contribution in [0.15, 0.2) is 22.7 Å². The normalized spacial score (nSPS) is 13.2. The Morgan fingerprint density at radius 1 is 1.53 bits per heavy atom. The third-order valence-electron chi connectivity index (χ3n) is 2.74. The highest BCUT2D eigenvalue weighted by atomic mass is 79.9.